The number of hydrogen-bond donors (Lipinski definition) is 1. The molecular weight excluding hydrogens is 338 g/mol. The highest BCUT2D eigenvalue weighted by molar-refractivity contribution is 5.93. The van der Waals surface area contributed by atoms with Crippen molar-refractivity contribution in [1.29, 1.82) is 0 Å². The molecular formula is C22H25N3O2. The summed E-state index contributed by atoms with van der Waals surface area (Å²) in [5, 5.41) is 2.94. The van der Waals surface area contributed by atoms with E-state index in [1.807, 2.05) is 29.8 Å². The number of nitrogens with zero attached hydrogens (tertiary/aromatic N) is 2. The van der Waals surface area contributed by atoms with Gasteiger partial charge in [-0.15, -0.1) is 0 Å². The van der Waals surface area contributed by atoms with Gasteiger partial charge in [0, 0.05) is 38.8 Å². The van der Waals surface area contributed by atoms with Crippen LogP contribution in [0.2, 0.25) is 0 Å². The molecule has 5 nitrogen and oxygen atoms in total. The zero-order valence-electron chi connectivity index (χ0n) is 15.9. The molecule has 3 aromatic rings. The maximum absolute atomic E-state index is 12.6. The number of carbonyl (C=O) groups is 1. The Balaban J connectivity index is 1.43. The summed E-state index contributed by atoms with van der Waals surface area (Å²) in [7, 11) is 1.98. The number of benzene rings is 1. The van der Waals surface area contributed by atoms with Crippen LogP contribution < -0.4 is 5.32 Å². The van der Waals surface area contributed by atoms with E-state index in [0.29, 0.717) is 12.2 Å². The van der Waals surface area contributed by atoms with Crippen molar-refractivity contribution in [2.24, 2.45) is 7.05 Å². The van der Waals surface area contributed by atoms with Crippen LogP contribution in [0.15, 0.2) is 53.1 Å². The van der Waals surface area contributed by atoms with Crippen molar-refractivity contribution in [2.75, 3.05) is 6.54 Å². The smallest absolute Gasteiger partial charge is 0.268 e. The number of hydrogen-bond acceptors (Lipinski definition) is 3. The molecule has 1 aliphatic heterocycles. The van der Waals surface area contributed by atoms with Gasteiger partial charge in [-0.3, -0.25) is 9.69 Å². The van der Waals surface area contributed by atoms with Gasteiger partial charge in [-0.1, -0.05) is 29.8 Å². The lowest BCUT2D eigenvalue weighted by Gasteiger charge is -2.27. The first-order valence-corrected chi connectivity index (χ1v) is 9.36. The van der Waals surface area contributed by atoms with Gasteiger partial charge in [-0.2, -0.15) is 0 Å². The molecule has 0 bridgehead atoms. The zero-order valence-corrected chi connectivity index (χ0v) is 15.9. The topological polar surface area (TPSA) is 50.4 Å². The fourth-order valence-electron chi connectivity index (χ4n) is 3.73. The first kappa shape index (κ1) is 17.6. The quantitative estimate of drug-likeness (QED) is 0.756. The lowest BCUT2D eigenvalue weighted by Crippen LogP contribution is -2.30. The number of fused-ring (bicyclic) bond motifs is 1. The van der Waals surface area contributed by atoms with Gasteiger partial charge in [-0.05, 0) is 36.2 Å². The molecule has 0 radical (unpaired) electrons. The van der Waals surface area contributed by atoms with Crippen molar-refractivity contribution < 1.29 is 9.21 Å². The van der Waals surface area contributed by atoms with Crippen LogP contribution in [0.5, 0.6) is 0 Å². The van der Waals surface area contributed by atoms with Crippen LogP contribution in [-0.2, 0) is 33.1 Å². The minimum Gasteiger partial charge on any atom is -0.467 e. The summed E-state index contributed by atoms with van der Waals surface area (Å²) in [6.45, 7) is 5.34. The molecule has 0 atom stereocenters. The van der Waals surface area contributed by atoms with E-state index in [1.54, 1.807) is 6.26 Å². The van der Waals surface area contributed by atoms with Crippen LogP contribution in [0.1, 0.15) is 38.6 Å². The molecule has 4 rings (SSSR count). The van der Waals surface area contributed by atoms with Gasteiger partial charge < -0.3 is 14.3 Å². The molecule has 27 heavy (non-hydrogen) atoms. The second-order valence-electron chi connectivity index (χ2n) is 7.27. The minimum atomic E-state index is -0.0617. The normalized spacial score (nSPS) is 14.1. The fourth-order valence-corrected chi connectivity index (χ4v) is 3.73. The predicted molar refractivity (Wildman–Crippen MR) is 104 cm³/mol. The van der Waals surface area contributed by atoms with Crippen molar-refractivity contribution in [3.63, 3.8) is 0 Å². The van der Waals surface area contributed by atoms with Crippen LogP contribution in [0, 0.1) is 6.92 Å². The number of aryl methyl sites for hydroxylation is 1. The molecule has 0 aliphatic carbocycles. The SMILES string of the molecule is Cc1ccc(CN2CCc3c(cc(C(=O)NCc4ccco4)n3C)C2)cc1. The summed E-state index contributed by atoms with van der Waals surface area (Å²) in [6, 6.07) is 14.4. The lowest BCUT2D eigenvalue weighted by molar-refractivity contribution is 0.0939. The maximum Gasteiger partial charge on any atom is 0.268 e. The first-order chi connectivity index (χ1) is 13.1. The van der Waals surface area contributed by atoms with Crippen molar-refractivity contribution in [3.8, 4) is 0 Å². The molecule has 3 heterocycles. The molecule has 0 unspecified atom stereocenters. The Hall–Kier alpha value is -2.79. The standard InChI is InChI=1S/C22H25N3O2/c1-16-5-7-17(8-6-16)14-25-10-9-20-18(15-25)12-21(24(20)2)22(26)23-13-19-4-3-11-27-19/h3-8,11-12H,9-10,13-15H2,1-2H3,(H,23,26). The molecule has 1 aromatic carbocycles. The van der Waals surface area contributed by atoms with E-state index in [-0.39, 0.29) is 5.91 Å². The van der Waals surface area contributed by atoms with Crippen LogP contribution in [0.25, 0.3) is 0 Å². The summed E-state index contributed by atoms with van der Waals surface area (Å²) in [5.74, 6) is 0.694. The zero-order chi connectivity index (χ0) is 18.8. The molecule has 1 aliphatic rings. The third-order valence-electron chi connectivity index (χ3n) is 5.27. The number of nitrogens with one attached hydrogen (secondary N) is 1. The Morgan fingerprint density at radius 2 is 2.04 bits per heavy atom. The van der Waals surface area contributed by atoms with Gasteiger partial charge in [0.25, 0.3) is 5.91 Å². The molecule has 1 amide bonds. The highest BCUT2D eigenvalue weighted by atomic mass is 16.3. The average molecular weight is 363 g/mol. The molecule has 2 aromatic heterocycles. The van der Waals surface area contributed by atoms with E-state index in [2.05, 4.69) is 41.4 Å². The summed E-state index contributed by atoms with van der Waals surface area (Å²) in [4.78, 5) is 15.0. The second kappa shape index (κ2) is 7.45. The van der Waals surface area contributed by atoms with Crippen LogP contribution in [-0.4, -0.2) is 21.9 Å². The Kier molecular flexibility index (Phi) is 4.86. The molecule has 1 N–H and O–H groups in total. The predicted octanol–water partition coefficient (Wildman–Crippen LogP) is 3.41. The van der Waals surface area contributed by atoms with Crippen molar-refractivity contribution in [1.82, 2.24) is 14.8 Å². The van der Waals surface area contributed by atoms with Gasteiger partial charge in [-0.25, -0.2) is 0 Å². The minimum absolute atomic E-state index is 0.0617. The highest BCUT2D eigenvalue weighted by Crippen LogP contribution is 2.24. The number of amides is 1. The van der Waals surface area contributed by atoms with Crippen molar-refractivity contribution in [3.05, 3.63) is 82.6 Å². The molecule has 5 heteroatoms. The van der Waals surface area contributed by atoms with Gasteiger partial charge >= 0.3 is 0 Å². The van der Waals surface area contributed by atoms with Crippen molar-refractivity contribution >= 4 is 5.91 Å². The lowest BCUT2D eigenvalue weighted by atomic mass is 10.1. The summed E-state index contributed by atoms with van der Waals surface area (Å²) < 4.78 is 7.32. The number of rotatable bonds is 5. The second-order valence-corrected chi connectivity index (χ2v) is 7.27. The van der Waals surface area contributed by atoms with E-state index in [9.17, 15) is 4.79 Å². The van der Waals surface area contributed by atoms with Crippen molar-refractivity contribution in [2.45, 2.75) is 33.0 Å². The Labute approximate surface area is 159 Å². The number of carbonyl (C=O) groups excluding carboxylic acids is 1. The fraction of sp³-hybridized carbons (Fsp3) is 0.318. The van der Waals surface area contributed by atoms with Gasteiger partial charge in [0.15, 0.2) is 0 Å². The van der Waals surface area contributed by atoms with E-state index < -0.39 is 0 Å². The summed E-state index contributed by atoms with van der Waals surface area (Å²) in [6.07, 6.45) is 2.58. The molecule has 140 valence electrons. The van der Waals surface area contributed by atoms with E-state index in [0.717, 1.165) is 31.8 Å². The number of aromatic nitrogens is 1. The third-order valence-corrected chi connectivity index (χ3v) is 5.27. The largest absolute Gasteiger partial charge is 0.467 e. The molecule has 0 saturated carbocycles. The van der Waals surface area contributed by atoms with Gasteiger partial charge in [0.2, 0.25) is 0 Å². The van der Waals surface area contributed by atoms with E-state index in [4.69, 9.17) is 4.42 Å². The van der Waals surface area contributed by atoms with Crippen LogP contribution in [0.4, 0.5) is 0 Å². The van der Waals surface area contributed by atoms with Gasteiger partial charge in [0.05, 0.1) is 12.8 Å². The van der Waals surface area contributed by atoms with E-state index >= 15 is 0 Å². The first-order valence-electron chi connectivity index (χ1n) is 9.36. The number of furan rings is 1. The maximum atomic E-state index is 12.6. The van der Waals surface area contributed by atoms with Crippen LogP contribution in [0.3, 0.4) is 0 Å². The Morgan fingerprint density at radius 1 is 1.22 bits per heavy atom. The Morgan fingerprint density at radius 3 is 2.78 bits per heavy atom. The molecule has 0 spiro atoms. The molecule has 0 saturated heterocycles. The summed E-state index contributed by atoms with van der Waals surface area (Å²) >= 11 is 0. The highest BCUT2D eigenvalue weighted by Gasteiger charge is 2.23. The van der Waals surface area contributed by atoms with Gasteiger partial charge in [0.1, 0.15) is 11.5 Å². The van der Waals surface area contributed by atoms with E-state index in [1.165, 1.54) is 22.4 Å². The summed E-state index contributed by atoms with van der Waals surface area (Å²) in [5.41, 5.74) is 5.84. The third kappa shape index (κ3) is 3.83. The molecule has 0 fully saturated rings. The Bertz CT molecular complexity index is 923. The monoisotopic (exact) mass is 363 g/mol. The van der Waals surface area contributed by atoms with Crippen LogP contribution >= 0.6 is 0 Å². The average Bonchev–Trinajstić information content (AvgIpc) is 3.30.